The van der Waals surface area contributed by atoms with Gasteiger partial charge in [0.15, 0.2) is 0 Å². The van der Waals surface area contributed by atoms with E-state index in [1.165, 1.54) is 6.26 Å². The largest absolute Gasteiger partial charge is 0.467 e. The molecule has 1 aromatic heterocycles. The molecule has 23 heavy (non-hydrogen) atoms. The van der Waals surface area contributed by atoms with Crippen LogP contribution in [0.5, 0.6) is 0 Å². The number of nitrogens with one attached hydrogen (secondary N) is 2. The van der Waals surface area contributed by atoms with Gasteiger partial charge in [-0.25, -0.2) is 0 Å². The van der Waals surface area contributed by atoms with Crippen molar-refractivity contribution in [2.75, 3.05) is 11.9 Å². The third-order valence-electron chi connectivity index (χ3n) is 3.36. The van der Waals surface area contributed by atoms with Crippen LogP contribution in [0, 0.1) is 0 Å². The number of carbonyl (C=O) groups is 2. The molecule has 1 aromatic carbocycles. The van der Waals surface area contributed by atoms with Gasteiger partial charge in [0.2, 0.25) is 0 Å². The maximum Gasteiger partial charge on any atom is 0.313 e. The molecule has 0 aliphatic carbocycles. The van der Waals surface area contributed by atoms with Crippen molar-refractivity contribution in [3.05, 3.63) is 54.0 Å². The summed E-state index contributed by atoms with van der Waals surface area (Å²) in [6, 6.07) is 10.5. The highest BCUT2D eigenvalue weighted by Gasteiger charge is 2.18. The Morgan fingerprint density at radius 2 is 1.87 bits per heavy atom. The summed E-state index contributed by atoms with van der Waals surface area (Å²) in [5.41, 5.74) is 1.55. The Kier molecular flexibility index (Phi) is 5.54. The van der Waals surface area contributed by atoms with Gasteiger partial charge in [-0.1, -0.05) is 32.0 Å². The summed E-state index contributed by atoms with van der Waals surface area (Å²) in [7, 11) is 0. The number of furan rings is 1. The van der Waals surface area contributed by atoms with Crippen LogP contribution in [0.1, 0.15) is 37.2 Å². The molecule has 0 fully saturated rings. The van der Waals surface area contributed by atoms with Crippen LogP contribution in [0.4, 0.5) is 5.69 Å². The average Bonchev–Trinajstić information content (AvgIpc) is 3.07. The summed E-state index contributed by atoms with van der Waals surface area (Å²) in [6.07, 6.45) is 0.431. The normalized spacial score (nSPS) is 12.0. The predicted octanol–water partition coefficient (Wildman–Crippen LogP) is 2.19. The molecule has 0 aliphatic rings. The Hall–Kier alpha value is -2.60. The van der Waals surface area contributed by atoms with Gasteiger partial charge in [-0.2, -0.15) is 0 Å². The number of hydrogen-bond acceptors (Lipinski definition) is 4. The number of aliphatic hydroxyl groups excluding tert-OH is 1. The van der Waals surface area contributed by atoms with E-state index in [0.29, 0.717) is 11.4 Å². The molecule has 122 valence electrons. The molecular formula is C17H20N2O4. The topological polar surface area (TPSA) is 91.6 Å². The van der Waals surface area contributed by atoms with Crippen LogP contribution in [0.15, 0.2) is 47.1 Å². The second-order valence-corrected chi connectivity index (χ2v) is 5.44. The Balaban J connectivity index is 1.92. The van der Waals surface area contributed by atoms with Gasteiger partial charge in [0.25, 0.3) is 0 Å². The van der Waals surface area contributed by atoms with Gasteiger partial charge in [-0.15, -0.1) is 0 Å². The fourth-order valence-corrected chi connectivity index (χ4v) is 2.14. The first-order chi connectivity index (χ1) is 11.0. The van der Waals surface area contributed by atoms with Crippen molar-refractivity contribution in [1.29, 1.82) is 0 Å². The fraction of sp³-hybridized carbons (Fsp3) is 0.294. The Bertz CT molecular complexity index is 665. The number of carbonyl (C=O) groups excluding carboxylic acids is 2. The maximum absolute atomic E-state index is 12.0. The molecule has 2 aromatic rings. The summed E-state index contributed by atoms with van der Waals surface area (Å²) in [5, 5.41) is 14.8. The highest BCUT2D eigenvalue weighted by molar-refractivity contribution is 6.39. The van der Waals surface area contributed by atoms with Gasteiger partial charge in [-0.3, -0.25) is 9.59 Å². The number of rotatable bonds is 5. The molecule has 6 heteroatoms. The third-order valence-corrected chi connectivity index (χ3v) is 3.36. The molecular weight excluding hydrogens is 296 g/mol. The molecule has 0 saturated carbocycles. The molecule has 0 bridgehead atoms. The highest BCUT2D eigenvalue weighted by atomic mass is 16.4. The molecule has 0 saturated heterocycles. The number of benzene rings is 1. The van der Waals surface area contributed by atoms with E-state index in [1.54, 1.807) is 24.3 Å². The van der Waals surface area contributed by atoms with E-state index < -0.39 is 17.9 Å². The minimum atomic E-state index is -0.996. The second-order valence-electron chi connectivity index (χ2n) is 5.44. The van der Waals surface area contributed by atoms with Crippen molar-refractivity contribution < 1.29 is 19.1 Å². The van der Waals surface area contributed by atoms with Crippen LogP contribution in [0.2, 0.25) is 0 Å². The standard InChI is InChI=1S/C17H20N2O4/c1-11(2)12-6-3-4-7-13(12)19-17(22)16(21)18-10-14(20)15-8-5-9-23-15/h3-9,11,14,20H,10H2,1-2H3,(H,18,21)(H,19,22). The predicted molar refractivity (Wildman–Crippen MR) is 85.8 cm³/mol. The summed E-state index contributed by atoms with van der Waals surface area (Å²) in [5.74, 6) is -1.04. The van der Waals surface area contributed by atoms with E-state index in [1.807, 2.05) is 26.0 Å². The van der Waals surface area contributed by atoms with Gasteiger partial charge in [0.1, 0.15) is 11.9 Å². The lowest BCUT2D eigenvalue weighted by atomic mass is 10.0. The van der Waals surface area contributed by atoms with Crippen LogP contribution in [0.25, 0.3) is 0 Å². The van der Waals surface area contributed by atoms with Crippen molar-refractivity contribution in [2.24, 2.45) is 0 Å². The molecule has 1 atom stereocenters. The van der Waals surface area contributed by atoms with Crippen LogP contribution in [0.3, 0.4) is 0 Å². The number of anilines is 1. The zero-order valence-corrected chi connectivity index (χ0v) is 13.1. The lowest BCUT2D eigenvalue weighted by Gasteiger charge is -2.14. The van der Waals surface area contributed by atoms with Gasteiger partial charge >= 0.3 is 11.8 Å². The molecule has 6 nitrogen and oxygen atoms in total. The zero-order chi connectivity index (χ0) is 16.8. The number of para-hydroxylation sites is 1. The van der Waals surface area contributed by atoms with Crippen LogP contribution >= 0.6 is 0 Å². The van der Waals surface area contributed by atoms with Crippen molar-refractivity contribution in [3.63, 3.8) is 0 Å². The minimum absolute atomic E-state index is 0.106. The monoisotopic (exact) mass is 316 g/mol. The van der Waals surface area contributed by atoms with Crippen molar-refractivity contribution in [2.45, 2.75) is 25.9 Å². The lowest BCUT2D eigenvalue weighted by Crippen LogP contribution is -2.37. The van der Waals surface area contributed by atoms with Gasteiger partial charge in [0, 0.05) is 5.69 Å². The summed E-state index contributed by atoms with van der Waals surface area (Å²) in [4.78, 5) is 23.8. The van der Waals surface area contributed by atoms with E-state index in [4.69, 9.17) is 4.42 Å². The fourth-order valence-electron chi connectivity index (χ4n) is 2.14. The zero-order valence-electron chi connectivity index (χ0n) is 13.1. The van der Waals surface area contributed by atoms with Gasteiger partial charge in [-0.05, 0) is 29.7 Å². The quantitative estimate of drug-likeness (QED) is 0.737. The van der Waals surface area contributed by atoms with Crippen LogP contribution in [-0.2, 0) is 9.59 Å². The van der Waals surface area contributed by atoms with E-state index in [2.05, 4.69) is 10.6 Å². The van der Waals surface area contributed by atoms with Crippen molar-refractivity contribution in [3.8, 4) is 0 Å². The van der Waals surface area contributed by atoms with E-state index in [9.17, 15) is 14.7 Å². The van der Waals surface area contributed by atoms with E-state index in [-0.39, 0.29) is 12.5 Å². The minimum Gasteiger partial charge on any atom is -0.467 e. The highest BCUT2D eigenvalue weighted by Crippen LogP contribution is 2.23. The van der Waals surface area contributed by atoms with E-state index in [0.717, 1.165) is 5.56 Å². The van der Waals surface area contributed by atoms with Crippen molar-refractivity contribution in [1.82, 2.24) is 5.32 Å². The Morgan fingerprint density at radius 1 is 1.13 bits per heavy atom. The second kappa shape index (κ2) is 7.60. The SMILES string of the molecule is CC(C)c1ccccc1NC(=O)C(=O)NCC(O)c1ccco1. The molecule has 0 spiro atoms. The third kappa shape index (κ3) is 4.43. The van der Waals surface area contributed by atoms with E-state index >= 15 is 0 Å². The number of aliphatic hydroxyl groups is 1. The van der Waals surface area contributed by atoms with Gasteiger partial charge in [0.05, 0.1) is 12.8 Å². The number of hydrogen-bond donors (Lipinski definition) is 3. The first-order valence-electron chi connectivity index (χ1n) is 7.38. The smallest absolute Gasteiger partial charge is 0.313 e. The summed E-state index contributed by atoms with van der Waals surface area (Å²) in [6.45, 7) is 3.90. The summed E-state index contributed by atoms with van der Waals surface area (Å²) < 4.78 is 5.02. The van der Waals surface area contributed by atoms with Gasteiger partial charge < -0.3 is 20.2 Å². The molecule has 2 rings (SSSR count). The molecule has 2 amide bonds. The Morgan fingerprint density at radius 3 is 2.52 bits per heavy atom. The molecule has 0 radical (unpaired) electrons. The summed E-state index contributed by atoms with van der Waals surface area (Å²) >= 11 is 0. The lowest BCUT2D eigenvalue weighted by molar-refractivity contribution is -0.136. The number of amides is 2. The maximum atomic E-state index is 12.0. The van der Waals surface area contributed by atoms with Crippen LogP contribution in [-0.4, -0.2) is 23.5 Å². The molecule has 1 heterocycles. The average molecular weight is 316 g/mol. The molecule has 1 unspecified atom stereocenters. The molecule has 3 N–H and O–H groups in total. The first-order valence-corrected chi connectivity index (χ1v) is 7.38. The molecule has 0 aliphatic heterocycles. The first kappa shape index (κ1) is 16.8. The van der Waals surface area contributed by atoms with Crippen molar-refractivity contribution >= 4 is 17.5 Å². The van der Waals surface area contributed by atoms with Crippen LogP contribution < -0.4 is 10.6 Å². The Labute approximate surface area is 134 Å².